The third-order valence-electron chi connectivity index (χ3n) is 7.40. The fraction of sp³-hybridized carbons (Fsp3) is 0.233. The maximum Gasteiger partial charge on any atom is 0.343 e. The fourth-order valence-electron chi connectivity index (χ4n) is 5.48. The molecule has 186 valence electrons. The summed E-state index contributed by atoms with van der Waals surface area (Å²) in [7, 11) is 0. The van der Waals surface area contributed by atoms with Gasteiger partial charge in [0.1, 0.15) is 6.61 Å². The van der Waals surface area contributed by atoms with Crippen LogP contribution in [-0.4, -0.2) is 27.3 Å². The second-order valence-electron chi connectivity index (χ2n) is 9.48. The molecule has 7 heteroatoms. The maximum atomic E-state index is 13.5. The van der Waals surface area contributed by atoms with Crippen LogP contribution in [0.1, 0.15) is 46.7 Å². The number of halogens is 1. The van der Waals surface area contributed by atoms with E-state index in [2.05, 4.69) is 25.1 Å². The van der Waals surface area contributed by atoms with E-state index >= 15 is 0 Å². The van der Waals surface area contributed by atoms with Crippen LogP contribution in [0.2, 0.25) is 0 Å². The van der Waals surface area contributed by atoms with Crippen LogP contribution in [0.15, 0.2) is 59.4 Å². The van der Waals surface area contributed by atoms with Gasteiger partial charge in [0, 0.05) is 22.9 Å². The van der Waals surface area contributed by atoms with E-state index in [1.165, 1.54) is 0 Å². The van der Waals surface area contributed by atoms with E-state index in [9.17, 15) is 19.1 Å². The molecule has 4 heterocycles. The van der Waals surface area contributed by atoms with Crippen molar-refractivity contribution < 1.29 is 19.0 Å². The number of aromatic nitrogens is 2. The number of aryl methyl sites for hydroxylation is 1. The van der Waals surface area contributed by atoms with Gasteiger partial charge in [0.15, 0.2) is 5.60 Å². The van der Waals surface area contributed by atoms with Crippen molar-refractivity contribution in [3.05, 3.63) is 98.3 Å². The van der Waals surface area contributed by atoms with Gasteiger partial charge < -0.3 is 14.4 Å². The second kappa shape index (κ2) is 8.78. The molecular formula is C30H25FN2O4. The zero-order chi connectivity index (χ0) is 25.7. The first kappa shape index (κ1) is 23.3. The molecule has 0 saturated heterocycles. The lowest BCUT2D eigenvalue weighted by atomic mass is 9.85. The van der Waals surface area contributed by atoms with Gasteiger partial charge in [0.25, 0.3) is 5.56 Å². The summed E-state index contributed by atoms with van der Waals surface area (Å²) in [6.07, 6.45) is 4.40. The summed E-state index contributed by atoms with van der Waals surface area (Å²) < 4.78 is 20.0. The van der Waals surface area contributed by atoms with Crippen LogP contribution < -0.4 is 5.56 Å². The Morgan fingerprint density at radius 2 is 1.86 bits per heavy atom. The minimum absolute atomic E-state index is 0.117. The van der Waals surface area contributed by atoms with Crippen LogP contribution in [0.4, 0.5) is 4.39 Å². The van der Waals surface area contributed by atoms with Gasteiger partial charge in [0.05, 0.1) is 35.7 Å². The van der Waals surface area contributed by atoms with Crippen LogP contribution in [-0.2, 0) is 34.7 Å². The highest BCUT2D eigenvalue weighted by Crippen LogP contribution is 2.40. The number of ether oxygens (including phenoxy) is 1. The zero-order valence-electron chi connectivity index (χ0n) is 20.3. The van der Waals surface area contributed by atoms with Gasteiger partial charge in [-0.25, -0.2) is 9.78 Å². The molecule has 1 unspecified atom stereocenters. The number of benzene rings is 2. The molecule has 6 nitrogen and oxygen atoms in total. The van der Waals surface area contributed by atoms with E-state index in [4.69, 9.17) is 9.72 Å². The van der Waals surface area contributed by atoms with Crippen molar-refractivity contribution in [2.45, 2.75) is 38.5 Å². The number of fused-ring (bicyclic) bond motifs is 5. The number of hydrogen-bond donors (Lipinski definition) is 1. The average molecular weight is 497 g/mol. The summed E-state index contributed by atoms with van der Waals surface area (Å²) in [6, 6.07) is 17.8. The first-order chi connectivity index (χ1) is 17.9. The van der Waals surface area contributed by atoms with Gasteiger partial charge in [-0.15, -0.1) is 0 Å². The lowest BCUT2D eigenvalue weighted by Crippen LogP contribution is -2.45. The van der Waals surface area contributed by atoms with Crippen LogP contribution in [0.25, 0.3) is 34.4 Å². The van der Waals surface area contributed by atoms with Crippen molar-refractivity contribution >= 4 is 29.0 Å². The van der Waals surface area contributed by atoms with Crippen molar-refractivity contribution in [1.29, 1.82) is 0 Å². The Balaban J connectivity index is 1.50. The molecule has 37 heavy (non-hydrogen) atoms. The number of carbonyl (C=O) groups is 1. The molecule has 1 atom stereocenters. The standard InChI is InChI=1S/C30H25FN2O4/c1-2-20-21-14-19(9-8-18-6-4-3-5-7-18)10-11-25(21)32-27-22(20)16-33-26(27)15-24-23(28(33)34)17-37-29(35)30(24,36)12-13-31/h3-11,14-15,36H,2,12-13,16-17H2,1H3. The van der Waals surface area contributed by atoms with Gasteiger partial charge in [-0.1, -0.05) is 55.5 Å². The molecule has 2 aromatic heterocycles. The molecule has 0 fully saturated rings. The van der Waals surface area contributed by atoms with E-state index in [1.807, 2.05) is 42.5 Å². The van der Waals surface area contributed by atoms with E-state index in [-0.39, 0.29) is 23.3 Å². The summed E-state index contributed by atoms with van der Waals surface area (Å²) in [5, 5.41) is 12.1. The Hall–Kier alpha value is -4.10. The van der Waals surface area contributed by atoms with E-state index in [1.54, 1.807) is 10.6 Å². The number of rotatable bonds is 5. The van der Waals surface area contributed by atoms with Gasteiger partial charge >= 0.3 is 5.97 Å². The lowest BCUT2D eigenvalue weighted by Gasteiger charge is -2.31. The van der Waals surface area contributed by atoms with E-state index in [0.717, 1.165) is 39.6 Å². The quantitative estimate of drug-likeness (QED) is 0.280. The molecule has 0 aliphatic carbocycles. The van der Waals surface area contributed by atoms with Gasteiger partial charge in [-0.2, -0.15) is 0 Å². The second-order valence-corrected chi connectivity index (χ2v) is 9.48. The highest BCUT2D eigenvalue weighted by Gasteiger charge is 2.46. The Morgan fingerprint density at radius 3 is 2.62 bits per heavy atom. The van der Waals surface area contributed by atoms with Crippen molar-refractivity contribution in [3.8, 4) is 11.4 Å². The molecule has 6 rings (SSSR count). The van der Waals surface area contributed by atoms with Gasteiger partial charge in [-0.05, 0) is 41.3 Å². The predicted octanol–water partition coefficient (Wildman–Crippen LogP) is 4.76. The third-order valence-corrected chi connectivity index (χ3v) is 7.40. The molecule has 0 spiro atoms. The Bertz CT molecular complexity index is 1660. The number of nitrogens with zero attached hydrogens (tertiary/aromatic N) is 2. The van der Waals surface area contributed by atoms with Gasteiger partial charge in [0.2, 0.25) is 0 Å². The largest absolute Gasteiger partial charge is 0.458 e. The summed E-state index contributed by atoms with van der Waals surface area (Å²) >= 11 is 0. The van der Waals surface area contributed by atoms with Crippen LogP contribution in [0.5, 0.6) is 0 Å². The van der Waals surface area contributed by atoms with Crippen molar-refractivity contribution in [3.63, 3.8) is 0 Å². The molecule has 2 aliphatic heterocycles. The number of esters is 1. The number of cyclic esters (lactones) is 1. The summed E-state index contributed by atoms with van der Waals surface area (Å²) in [4.78, 5) is 30.8. The van der Waals surface area contributed by atoms with Crippen LogP contribution >= 0.6 is 0 Å². The monoisotopic (exact) mass is 496 g/mol. The minimum atomic E-state index is -2.19. The molecular weight excluding hydrogens is 471 g/mol. The average Bonchev–Trinajstić information content (AvgIpc) is 3.28. The molecule has 0 amide bonds. The lowest BCUT2D eigenvalue weighted by molar-refractivity contribution is -0.173. The highest BCUT2D eigenvalue weighted by atomic mass is 19.1. The Morgan fingerprint density at radius 1 is 1.08 bits per heavy atom. The summed E-state index contributed by atoms with van der Waals surface area (Å²) in [5.74, 6) is -0.933. The van der Waals surface area contributed by atoms with Crippen molar-refractivity contribution in [2.75, 3.05) is 6.67 Å². The van der Waals surface area contributed by atoms with Crippen LogP contribution in [0, 0.1) is 0 Å². The molecule has 4 aromatic rings. The molecule has 0 bridgehead atoms. The van der Waals surface area contributed by atoms with E-state index < -0.39 is 24.7 Å². The van der Waals surface area contributed by atoms with E-state index in [0.29, 0.717) is 17.9 Å². The van der Waals surface area contributed by atoms with Crippen molar-refractivity contribution in [1.82, 2.24) is 9.55 Å². The SMILES string of the molecule is CCc1c2c(nc3ccc(C=Cc4ccccc4)cc13)-c1cc3c(c(=O)n1C2)COC(=O)C3(O)CCF. The first-order valence-electron chi connectivity index (χ1n) is 12.4. The van der Waals surface area contributed by atoms with Crippen LogP contribution in [0.3, 0.4) is 0 Å². The topological polar surface area (TPSA) is 81.4 Å². The predicted molar refractivity (Wildman–Crippen MR) is 140 cm³/mol. The summed E-state index contributed by atoms with van der Waals surface area (Å²) in [5.41, 5.74) is 3.93. The molecule has 0 radical (unpaired) electrons. The van der Waals surface area contributed by atoms with Gasteiger partial charge in [-0.3, -0.25) is 9.18 Å². The smallest absolute Gasteiger partial charge is 0.343 e. The molecule has 2 aromatic carbocycles. The number of carbonyl (C=O) groups excluding carboxylic acids is 1. The molecule has 2 aliphatic rings. The highest BCUT2D eigenvalue weighted by molar-refractivity contribution is 5.91. The molecule has 0 saturated carbocycles. The summed E-state index contributed by atoms with van der Waals surface area (Å²) in [6.45, 7) is 1.24. The number of aliphatic hydroxyl groups is 1. The Labute approximate surface area is 212 Å². The Kier molecular flexibility index (Phi) is 5.53. The number of hydrogen-bond acceptors (Lipinski definition) is 5. The first-order valence-corrected chi connectivity index (χ1v) is 12.4. The minimum Gasteiger partial charge on any atom is -0.458 e. The van der Waals surface area contributed by atoms with Crippen molar-refractivity contribution in [2.24, 2.45) is 0 Å². The maximum absolute atomic E-state index is 13.5. The fourth-order valence-corrected chi connectivity index (χ4v) is 5.48. The molecule has 1 N–H and O–H groups in total. The number of alkyl halides is 1. The number of pyridine rings is 2. The normalized spacial score (nSPS) is 18.1. The third kappa shape index (κ3) is 3.61. The zero-order valence-corrected chi connectivity index (χ0v) is 20.3.